The van der Waals surface area contributed by atoms with Gasteiger partial charge in [0.2, 0.25) is 0 Å². The van der Waals surface area contributed by atoms with Gasteiger partial charge in [-0.15, -0.1) is 22.7 Å². The lowest BCUT2D eigenvalue weighted by Gasteiger charge is -2.23. The summed E-state index contributed by atoms with van der Waals surface area (Å²) in [6, 6.07) is 25.0. The molecule has 0 atom stereocenters. The largest absolute Gasteiger partial charge is 0.247 e. The summed E-state index contributed by atoms with van der Waals surface area (Å²) in [6.07, 6.45) is 1.11. The maximum Gasteiger partial charge on any atom is 0.0826 e. The Morgan fingerprint density at radius 1 is 0.838 bits per heavy atom. The second-order valence-corrected chi connectivity index (χ2v) is 13.8. The van der Waals surface area contributed by atoms with Crippen LogP contribution in [0.25, 0.3) is 53.5 Å². The van der Waals surface area contributed by atoms with Crippen LogP contribution in [0.4, 0.5) is 0 Å². The Labute approximate surface area is 227 Å². The number of benzene rings is 3. The lowest BCUT2D eigenvalue weighted by Crippen LogP contribution is -2.12. The average molecular weight is 520 g/mol. The number of fused-ring (bicyclic) bond motifs is 3. The van der Waals surface area contributed by atoms with Gasteiger partial charge in [-0.05, 0) is 87.9 Å². The third-order valence-corrected chi connectivity index (χ3v) is 9.25. The maximum atomic E-state index is 5.22. The number of nitrogens with zero attached hydrogens (tertiary/aromatic N) is 1. The number of aryl methyl sites for hydroxylation is 1. The van der Waals surface area contributed by atoms with Gasteiger partial charge in [0.05, 0.1) is 15.9 Å². The quantitative estimate of drug-likeness (QED) is 0.226. The van der Waals surface area contributed by atoms with Gasteiger partial charge in [-0.25, -0.2) is 4.98 Å². The third kappa shape index (κ3) is 4.39. The molecule has 0 fully saturated rings. The van der Waals surface area contributed by atoms with Crippen LogP contribution in [-0.4, -0.2) is 4.98 Å². The molecule has 0 saturated carbocycles. The number of aromatic nitrogens is 1. The van der Waals surface area contributed by atoms with E-state index in [0.29, 0.717) is 5.92 Å². The van der Waals surface area contributed by atoms with Crippen molar-refractivity contribution < 1.29 is 0 Å². The second-order valence-electron chi connectivity index (χ2n) is 11.7. The van der Waals surface area contributed by atoms with E-state index in [1.165, 1.54) is 58.3 Å². The molecule has 0 unspecified atom stereocenters. The van der Waals surface area contributed by atoms with Gasteiger partial charge in [0.25, 0.3) is 0 Å². The number of hydrogen-bond donors (Lipinski definition) is 0. The highest BCUT2D eigenvalue weighted by molar-refractivity contribution is 7.19. The molecule has 0 aliphatic heterocycles. The van der Waals surface area contributed by atoms with Crippen LogP contribution in [0.15, 0.2) is 72.1 Å². The van der Waals surface area contributed by atoms with E-state index in [0.717, 1.165) is 17.6 Å². The summed E-state index contributed by atoms with van der Waals surface area (Å²) in [4.78, 5) is 6.52. The van der Waals surface area contributed by atoms with E-state index in [1.807, 2.05) is 22.7 Å². The highest BCUT2D eigenvalue weighted by Gasteiger charge is 2.20. The monoisotopic (exact) mass is 519 g/mol. The number of pyridine rings is 1. The van der Waals surface area contributed by atoms with E-state index < -0.39 is 0 Å². The molecule has 3 aromatic heterocycles. The normalized spacial score (nSPS) is 12.4. The molecular formula is C34H33NS2. The minimum atomic E-state index is 0.0383. The van der Waals surface area contributed by atoms with Gasteiger partial charge in [-0.3, -0.25) is 0 Å². The first kappa shape index (κ1) is 24.3. The van der Waals surface area contributed by atoms with Gasteiger partial charge in [0, 0.05) is 26.1 Å². The number of hydrogen-bond acceptors (Lipinski definition) is 3. The summed E-state index contributed by atoms with van der Waals surface area (Å²) in [5.41, 5.74) is 8.80. The molecule has 3 heterocycles. The van der Waals surface area contributed by atoms with Gasteiger partial charge >= 0.3 is 0 Å². The van der Waals surface area contributed by atoms with Crippen LogP contribution >= 0.6 is 22.7 Å². The standard InChI is InChI=1S/C34H33NS2/c1-20(2)15-23-11-12-26(27-13-14-36-32(23)27)28-19-30(35-31-16-21(3)37-33(28)31)24-17-22-9-7-8-10-25(22)29(18-24)34(4,5)6/h7-14,16-20H,15H2,1-6H3. The molecule has 6 rings (SSSR count). The first-order valence-corrected chi connectivity index (χ1v) is 14.8. The molecule has 37 heavy (non-hydrogen) atoms. The van der Waals surface area contributed by atoms with Gasteiger partial charge in [-0.2, -0.15) is 0 Å². The van der Waals surface area contributed by atoms with Crippen molar-refractivity contribution in [1.29, 1.82) is 0 Å². The summed E-state index contributed by atoms with van der Waals surface area (Å²) in [5, 5.41) is 6.21. The molecule has 1 nitrogen and oxygen atoms in total. The minimum absolute atomic E-state index is 0.0383. The van der Waals surface area contributed by atoms with Crippen molar-refractivity contribution in [3.63, 3.8) is 0 Å². The predicted octanol–water partition coefficient (Wildman–Crippen LogP) is 10.8. The topological polar surface area (TPSA) is 12.9 Å². The molecule has 6 aromatic rings. The smallest absolute Gasteiger partial charge is 0.0826 e. The fraction of sp³-hybridized carbons (Fsp3) is 0.265. The SMILES string of the molecule is Cc1cc2nc(-c3cc(C(C)(C)C)c4ccccc4c3)cc(-c3ccc(CC(C)C)c4sccc34)c2s1. The fourth-order valence-electron chi connectivity index (χ4n) is 5.52. The Hall–Kier alpha value is -3.01. The first-order chi connectivity index (χ1) is 17.7. The van der Waals surface area contributed by atoms with Crippen LogP contribution in [0.5, 0.6) is 0 Å². The summed E-state index contributed by atoms with van der Waals surface area (Å²) >= 11 is 3.72. The van der Waals surface area contributed by atoms with Crippen LogP contribution in [0, 0.1) is 12.8 Å². The zero-order valence-corrected chi connectivity index (χ0v) is 24.1. The zero-order chi connectivity index (χ0) is 25.9. The van der Waals surface area contributed by atoms with E-state index in [2.05, 4.69) is 114 Å². The summed E-state index contributed by atoms with van der Waals surface area (Å²) in [6.45, 7) is 13.7. The lowest BCUT2D eigenvalue weighted by molar-refractivity contribution is 0.596. The number of rotatable bonds is 4. The number of thiophene rings is 2. The molecule has 3 heteroatoms. The van der Waals surface area contributed by atoms with Gasteiger partial charge in [0.15, 0.2) is 0 Å². The Kier molecular flexibility index (Phi) is 5.97. The Morgan fingerprint density at radius 2 is 1.65 bits per heavy atom. The second kappa shape index (κ2) is 9.08. The molecule has 0 aliphatic rings. The summed E-state index contributed by atoms with van der Waals surface area (Å²) in [7, 11) is 0. The Balaban J connectivity index is 1.62. The van der Waals surface area contributed by atoms with Crippen LogP contribution in [0.1, 0.15) is 50.6 Å². The zero-order valence-electron chi connectivity index (χ0n) is 22.5. The molecule has 0 bridgehead atoms. The van der Waals surface area contributed by atoms with E-state index in [4.69, 9.17) is 4.98 Å². The summed E-state index contributed by atoms with van der Waals surface area (Å²) < 4.78 is 2.70. The van der Waals surface area contributed by atoms with Crippen molar-refractivity contribution in [2.45, 2.75) is 53.4 Å². The molecule has 0 saturated heterocycles. The molecule has 186 valence electrons. The van der Waals surface area contributed by atoms with E-state index >= 15 is 0 Å². The molecular weight excluding hydrogens is 487 g/mol. The predicted molar refractivity (Wildman–Crippen MR) is 165 cm³/mol. The van der Waals surface area contributed by atoms with Crippen molar-refractivity contribution in [1.82, 2.24) is 4.98 Å². The molecule has 0 radical (unpaired) electrons. The van der Waals surface area contributed by atoms with E-state index in [1.54, 1.807) is 0 Å². The van der Waals surface area contributed by atoms with Crippen LogP contribution in [-0.2, 0) is 11.8 Å². The lowest BCUT2D eigenvalue weighted by atomic mass is 9.82. The summed E-state index contributed by atoms with van der Waals surface area (Å²) in [5.74, 6) is 0.639. The van der Waals surface area contributed by atoms with Crippen molar-refractivity contribution >= 4 is 53.7 Å². The first-order valence-electron chi connectivity index (χ1n) is 13.1. The van der Waals surface area contributed by atoms with Crippen molar-refractivity contribution in [3.8, 4) is 22.4 Å². The maximum absolute atomic E-state index is 5.22. The van der Waals surface area contributed by atoms with Crippen molar-refractivity contribution in [2.24, 2.45) is 5.92 Å². The van der Waals surface area contributed by atoms with Crippen molar-refractivity contribution in [3.05, 3.63) is 88.1 Å². The fourth-order valence-corrected chi connectivity index (χ4v) is 7.45. The molecule has 0 spiro atoms. The highest BCUT2D eigenvalue weighted by Crippen LogP contribution is 2.43. The van der Waals surface area contributed by atoms with Crippen LogP contribution in [0.2, 0.25) is 0 Å². The van der Waals surface area contributed by atoms with Gasteiger partial charge in [0.1, 0.15) is 0 Å². The third-order valence-electron chi connectivity index (χ3n) is 7.18. The van der Waals surface area contributed by atoms with Crippen molar-refractivity contribution in [2.75, 3.05) is 0 Å². The van der Waals surface area contributed by atoms with Gasteiger partial charge < -0.3 is 0 Å². The van der Waals surface area contributed by atoms with Gasteiger partial charge in [-0.1, -0.05) is 71.0 Å². The van der Waals surface area contributed by atoms with Crippen LogP contribution < -0.4 is 0 Å². The molecule has 3 aromatic carbocycles. The van der Waals surface area contributed by atoms with E-state index in [9.17, 15) is 0 Å². The van der Waals surface area contributed by atoms with Crippen LogP contribution in [0.3, 0.4) is 0 Å². The highest BCUT2D eigenvalue weighted by atomic mass is 32.1. The van der Waals surface area contributed by atoms with E-state index in [-0.39, 0.29) is 5.41 Å². The molecule has 0 amide bonds. The molecule has 0 aliphatic carbocycles. The minimum Gasteiger partial charge on any atom is -0.247 e. The Morgan fingerprint density at radius 3 is 2.43 bits per heavy atom. The molecule has 0 N–H and O–H groups in total. The average Bonchev–Trinajstić information content (AvgIpc) is 3.48. The Bertz CT molecular complexity index is 1780.